The molecule has 2 aliphatic carbocycles. The van der Waals surface area contributed by atoms with Crippen molar-refractivity contribution in [2.45, 2.75) is 90.5 Å². The maximum atomic E-state index is 12.0. The Morgan fingerprint density at radius 2 is 1.57 bits per heavy atom. The highest BCUT2D eigenvalue weighted by atomic mass is 28.4. The molecule has 0 N–H and O–H groups in total. The highest BCUT2D eigenvalue weighted by Gasteiger charge is 2.50. The van der Waals surface area contributed by atoms with Crippen molar-refractivity contribution in [1.82, 2.24) is 0 Å². The largest absolute Gasteiger partial charge is 0.413 e. The highest BCUT2D eigenvalue weighted by Crippen LogP contribution is 2.49. The van der Waals surface area contributed by atoms with Gasteiger partial charge in [-0.1, -0.05) is 47.1 Å². The molecule has 2 rings (SSSR count). The lowest BCUT2D eigenvalue weighted by atomic mass is 10.0. The quantitative estimate of drug-likeness (QED) is 0.649. The summed E-state index contributed by atoms with van der Waals surface area (Å²) in [6, 6.07) is 0. The van der Waals surface area contributed by atoms with Gasteiger partial charge in [0.2, 0.25) is 8.32 Å². The summed E-state index contributed by atoms with van der Waals surface area (Å²) in [5, 5.41) is 0. The molecule has 0 saturated heterocycles. The number of carbonyl (C=O) groups is 1. The molecule has 1 saturated carbocycles. The molecule has 3 heteroatoms. The van der Waals surface area contributed by atoms with E-state index in [0.717, 1.165) is 18.4 Å². The van der Waals surface area contributed by atoms with Crippen molar-refractivity contribution in [1.29, 1.82) is 0 Å². The van der Waals surface area contributed by atoms with Gasteiger partial charge in [-0.25, -0.2) is 0 Å². The first-order chi connectivity index (χ1) is 9.71. The van der Waals surface area contributed by atoms with Gasteiger partial charge in [0.1, 0.15) is 0 Å². The predicted octanol–water partition coefficient (Wildman–Crippen LogP) is 5.25. The van der Waals surface area contributed by atoms with Crippen LogP contribution in [-0.4, -0.2) is 20.2 Å². The first kappa shape index (κ1) is 16.9. The second-order valence-electron chi connectivity index (χ2n) is 7.90. The molecule has 2 aliphatic rings. The monoisotopic (exact) mass is 308 g/mol. The Morgan fingerprint density at radius 3 is 2.05 bits per heavy atom. The molecule has 120 valence electrons. The molecular formula is C18H32O2Si. The molecule has 0 bridgehead atoms. The summed E-state index contributed by atoms with van der Waals surface area (Å²) in [6.45, 7) is 16.0. The molecule has 0 aromatic carbocycles. The fourth-order valence-corrected chi connectivity index (χ4v) is 10.6. The molecule has 0 aromatic rings. The van der Waals surface area contributed by atoms with Crippen LogP contribution < -0.4 is 0 Å². The smallest absolute Gasteiger partial charge is 0.200 e. The standard InChI is InChI=1S/C18H32O2Si/c1-11(2)21(12(3)4,13(5)6)20-18-9-8-15-14(7)17(19)10-16(15)18/h11-13,16,18H,8-10H2,1-7H3/t16-,18-/m1/s1. The van der Waals surface area contributed by atoms with E-state index in [1.165, 1.54) is 5.57 Å². The number of Topliss-reactive ketones (excluding diaryl/α,β-unsaturated/α-hetero) is 1. The van der Waals surface area contributed by atoms with Crippen molar-refractivity contribution in [2.75, 3.05) is 0 Å². The van der Waals surface area contributed by atoms with Crippen molar-refractivity contribution in [3.05, 3.63) is 11.1 Å². The highest BCUT2D eigenvalue weighted by molar-refractivity contribution is 6.77. The summed E-state index contributed by atoms with van der Waals surface area (Å²) in [6.07, 6.45) is 3.18. The Kier molecular flexibility index (Phi) is 4.84. The van der Waals surface area contributed by atoms with Gasteiger partial charge < -0.3 is 4.43 Å². The number of carbonyl (C=O) groups excluding carboxylic acids is 1. The van der Waals surface area contributed by atoms with Crippen molar-refractivity contribution in [3.8, 4) is 0 Å². The number of hydrogen-bond acceptors (Lipinski definition) is 2. The number of ketones is 1. The molecular weight excluding hydrogens is 276 g/mol. The van der Waals surface area contributed by atoms with Gasteiger partial charge >= 0.3 is 0 Å². The van der Waals surface area contributed by atoms with E-state index >= 15 is 0 Å². The molecule has 2 nitrogen and oxygen atoms in total. The van der Waals surface area contributed by atoms with Crippen molar-refractivity contribution < 1.29 is 9.22 Å². The Balaban J connectivity index is 2.26. The number of hydrogen-bond donors (Lipinski definition) is 0. The van der Waals surface area contributed by atoms with E-state index in [2.05, 4.69) is 41.5 Å². The van der Waals surface area contributed by atoms with Gasteiger partial charge in [-0.15, -0.1) is 0 Å². The SMILES string of the molecule is CC1=C2CC[C@@H](O[Si](C(C)C)(C(C)C)C(C)C)[C@@H]2CC1=O. The third-order valence-corrected chi connectivity index (χ3v) is 12.1. The Morgan fingerprint density at radius 1 is 1.05 bits per heavy atom. The topological polar surface area (TPSA) is 26.3 Å². The third kappa shape index (κ3) is 2.68. The van der Waals surface area contributed by atoms with Gasteiger partial charge in [-0.05, 0) is 42.0 Å². The molecule has 0 amide bonds. The lowest BCUT2D eigenvalue weighted by molar-refractivity contribution is -0.115. The molecule has 1 fully saturated rings. The molecule has 0 radical (unpaired) electrons. The fourth-order valence-electron chi connectivity index (χ4n) is 4.97. The second kappa shape index (κ2) is 6.00. The molecule has 0 unspecified atom stereocenters. The Labute approximate surface area is 131 Å². The lowest BCUT2D eigenvalue weighted by Crippen LogP contribution is -2.50. The number of rotatable bonds is 5. The first-order valence-electron chi connectivity index (χ1n) is 8.62. The van der Waals surface area contributed by atoms with Crippen LogP contribution in [0.3, 0.4) is 0 Å². The zero-order valence-electron chi connectivity index (χ0n) is 14.8. The Hall–Kier alpha value is -0.413. The summed E-state index contributed by atoms with van der Waals surface area (Å²) < 4.78 is 6.95. The van der Waals surface area contributed by atoms with E-state index in [0.29, 0.717) is 40.8 Å². The van der Waals surface area contributed by atoms with Crippen molar-refractivity contribution in [3.63, 3.8) is 0 Å². The minimum Gasteiger partial charge on any atom is -0.413 e. The summed E-state index contributed by atoms with van der Waals surface area (Å²) >= 11 is 0. The van der Waals surface area contributed by atoms with E-state index in [1.54, 1.807) is 0 Å². The number of fused-ring (bicyclic) bond motifs is 1. The number of allylic oxidation sites excluding steroid dienone is 1. The van der Waals surface area contributed by atoms with E-state index < -0.39 is 8.32 Å². The molecule has 0 aromatic heterocycles. The van der Waals surface area contributed by atoms with Crippen LogP contribution >= 0.6 is 0 Å². The van der Waals surface area contributed by atoms with Gasteiger partial charge in [0, 0.05) is 12.3 Å². The van der Waals surface area contributed by atoms with Crippen LogP contribution in [0.2, 0.25) is 16.6 Å². The summed E-state index contributed by atoms with van der Waals surface area (Å²) in [5.74, 6) is 0.745. The fraction of sp³-hybridized carbons (Fsp3) is 0.833. The Bertz CT molecular complexity index is 426. The van der Waals surface area contributed by atoms with E-state index in [-0.39, 0.29) is 0 Å². The van der Waals surface area contributed by atoms with Gasteiger partial charge in [-0.2, -0.15) is 0 Å². The molecule has 0 aliphatic heterocycles. The molecule has 2 atom stereocenters. The van der Waals surface area contributed by atoms with Crippen LogP contribution in [0, 0.1) is 5.92 Å². The average molecular weight is 309 g/mol. The van der Waals surface area contributed by atoms with E-state index in [4.69, 9.17) is 4.43 Å². The van der Waals surface area contributed by atoms with Crippen molar-refractivity contribution >= 4 is 14.1 Å². The molecule has 0 spiro atoms. The minimum atomic E-state index is -1.83. The van der Waals surface area contributed by atoms with Crippen LogP contribution in [0.5, 0.6) is 0 Å². The van der Waals surface area contributed by atoms with Gasteiger partial charge in [0.15, 0.2) is 5.78 Å². The molecule has 0 heterocycles. The average Bonchev–Trinajstić information content (AvgIpc) is 2.87. The van der Waals surface area contributed by atoms with Crippen LogP contribution in [0.15, 0.2) is 11.1 Å². The lowest BCUT2D eigenvalue weighted by Gasteiger charge is -2.45. The molecule has 21 heavy (non-hydrogen) atoms. The normalized spacial score (nSPS) is 26.7. The van der Waals surface area contributed by atoms with Crippen LogP contribution in [0.25, 0.3) is 0 Å². The van der Waals surface area contributed by atoms with Crippen LogP contribution in [-0.2, 0) is 9.22 Å². The predicted molar refractivity (Wildman–Crippen MR) is 91.0 cm³/mol. The van der Waals surface area contributed by atoms with E-state index in [9.17, 15) is 4.79 Å². The van der Waals surface area contributed by atoms with Gasteiger partial charge in [0.05, 0.1) is 6.10 Å². The van der Waals surface area contributed by atoms with Crippen LogP contribution in [0.4, 0.5) is 0 Å². The summed E-state index contributed by atoms with van der Waals surface area (Å²) in [5.41, 5.74) is 4.29. The zero-order chi connectivity index (χ0) is 15.9. The van der Waals surface area contributed by atoms with E-state index in [1.807, 2.05) is 6.92 Å². The summed E-state index contributed by atoms with van der Waals surface area (Å²) in [7, 11) is -1.83. The third-order valence-electron chi connectivity index (χ3n) is 5.96. The first-order valence-corrected chi connectivity index (χ1v) is 10.8. The van der Waals surface area contributed by atoms with Crippen molar-refractivity contribution in [2.24, 2.45) is 5.92 Å². The maximum Gasteiger partial charge on any atom is 0.200 e. The van der Waals surface area contributed by atoms with Gasteiger partial charge in [-0.3, -0.25) is 4.79 Å². The minimum absolute atomic E-state index is 0.292. The summed E-state index contributed by atoms with van der Waals surface area (Å²) in [4.78, 5) is 12.0. The second-order valence-corrected chi connectivity index (χ2v) is 13.3. The van der Waals surface area contributed by atoms with Crippen LogP contribution in [0.1, 0.15) is 67.7 Å². The zero-order valence-corrected chi connectivity index (χ0v) is 15.8. The van der Waals surface area contributed by atoms with Gasteiger partial charge in [0.25, 0.3) is 0 Å². The maximum absolute atomic E-state index is 12.0.